The Hall–Kier alpha value is -1.08. The standard InChI is InChI=1S/C13H20N2O2/c1-17-13(6-2-7-13)10-12(16)15(9-3-8-14)11-4-5-11/h11H,2-7,9-10H2,1H3. The van der Waals surface area contributed by atoms with E-state index in [2.05, 4.69) is 6.07 Å². The van der Waals surface area contributed by atoms with E-state index >= 15 is 0 Å². The fourth-order valence-corrected chi connectivity index (χ4v) is 2.47. The van der Waals surface area contributed by atoms with Gasteiger partial charge in [-0.1, -0.05) is 0 Å². The van der Waals surface area contributed by atoms with E-state index in [9.17, 15) is 4.79 Å². The number of nitriles is 1. The Morgan fingerprint density at radius 2 is 2.24 bits per heavy atom. The highest BCUT2D eigenvalue weighted by molar-refractivity contribution is 5.78. The van der Waals surface area contributed by atoms with Gasteiger partial charge in [-0.3, -0.25) is 4.79 Å². The molecule has 0 heterocycles. The molecule has 17 heavy (non-hydrogen) atoms. The molecule has 0 atom stereocenters. The van der Waals surface area contributed by atoms with E-state index in [0.29, 0.717) is 25.4 Å². The Balaban J connectivity index is 1.89. The maximum absolute atomic E-state index is 12.2. The molecule has 0 spiro atoms. The van der Waals surface area contributed by atoms with Crippen molar-refractivity contribution in [1.29, 1.82) is 5.26 Å². The van der Waals surface area contributed by atoms with Gasteiger partial charge in [-0.25, -0.2) is 0 Å². The Kier molecular flexibility index (Phi) is 3.68. The highest BCUT2D eigenvalue weighted by Crippen LogP contribution is 2.39. The summed E-state index contributed by atoms with van der Waals surface area (Å²) < 4.78 is 5.49. The van der Waals surface area contributed by atoms with E-state index < -0.39 is 0 Å². The van der Waals surface area contributed by atoms with Crippen LogP contribution in [0, 0.1) is 11.3 Å². The summed E-state index contributed by atoms with van der Waals surface area (Å²) in [5.74, 6) is 0.171. The van der Waals surface area contributed by atoms with Gasteiger partial charge in [-0.2, -0.15) is 5.26 Å². The van der Waals surface area contributed by atoms with Crippen LogP contribution in [0.4, 0.5) is 0 Å². The number of hydrogen-bond acceptors (Lipinski definition) is 3. The molecule has 4 heteroatoms. The monoisotopic (exact) mass is 236 g/mol. The van der Waals surface area contributed by atoms with Gasteiger partial charge in [0.15, 0.2) is 0 Å². The number of rotatable bonds is 6. The lowest BCUT2D eigenvalue weighted by molar-refractivity contribution is -0.144. The molecule has 2 aliphatic rings. The molecule has 0 aromatic heterocycles. The number of hydrogen-bond donors (Lipinski definition) is 0. The first kappa shape index (κ1) is 12.4. The fourth-order valence-electron chi connectivity index (χ4n) is 2.47. The third-order valence-corrected chi connectivity index (χ3v) is 3.94. The summed E-state index contributed by atoms with van der Waals surface area (Å²) in [5.41, 5.74) is -0.198. The lowest BCUT2D eigenvalue weighted by Gasteiger charge is -2.41. The van der Waals surface area contributed by atoms with Crippen molar-refractivity contribution in [2.24, 2.45) is 0 Å². The van der Waals surface area contributed by atoms with Crippen LogP contribution in [0.25, 0.3) is 0 Å². The van der Waals surface area contributed by atoms with Crippen LogP contribution >= 0.6 is 0 Å². The Morgan fingerprint density at radius 1 is 1.53 bits per heavy atom. The van der Waals surface area contributed by atoms with Crippen molar-refractivity contribution in [2.75, 3.05) is 13.7 Å². The lowest BCUT2D eigenvalue weighted by atomic mass is 9.77. The van der Waals surface area contributed by atoms with Gasteiger partial charge in [0, 0.05) is 19.7 Å². The molecule has 2 fully saturated rings. The van der Waals surface area contributed by atoms with Crippen LogP contribution in [0.5, 0.6) is 0 Å². The smallest absolute Gasteiger partial charge is 0.225 e. The summed E-state index contributed by atoms with van der Waals surface area (Å²) in [4.78, 5) is 14.1. The van der Waals surface area contributed by atoms with E-state index in [-0.39, 0.29) is 11.5 Å². The molecule has 2 saturated carbocycles. The van der Waals surface area contributed by atoms with Gasteiger partial charge in [-0.15, -0.1) is 0 Å². The van der Waals surface area contributed by atoms with Crippen LogP contribution in [-0.2, 0) is 9.53 Å². The van der Waals surface area contributed by atoms with E-state index in [0.717, 1.165) is 32.1 Å². The molecule has 94 valence electrons. The predicted octanol–water partition coefficient (Wildman–Crippen LogP) is 1.85. The largest absolute Gasteiger partial charge is 0.378 e. The molecule has 0 radical (unpaired) electrons. The molecule has 0 aromatic rings. The average molecular weight is 236 g/mol. The van der Waals surface area contributed by atoms with Crippen LogP contribution < -0.4 is 0 Å². The lowest BCUT2D eigenvalue weighted by Crippen LogP contribution is -2.46. The molecule has 4 nitrogen and oxygen atoms in total. The molecule has 1 amide bonds. The first-order valence-electron chi connectivity index (χ1n) is 6.42. The Morgan fingerprint density at radius 3 is 2.65 bits per heavy atom. The molecular weight excluding hydrogens is 216 g/mol. The van der Waals surface area contributed by atoms with Gasteiger partial charge in [0.25, 0.3) is 0 Å². The van der Waals surface area contributed by atoms with Crippen molar-refractivity contribution in [3.8, 4) is 6.07 Å². The van der Waals surface area contributed by atoms with Crippen molar-refractivity contribution in [3.63, 3.8) is 0 Å². The third-order valence-electron chi connectivity index (χ3n) is 3.94. The van der Waals surface area contributed by atoms with Gasteiger partial charge in [0.05, 0.1) is 24.5 Å². The minimum absolute atomic E-state index is 0.171. The summed E-state index contributed by atoms with van der Waals surface area (Å²) in [7, 11) is 1.70. The Bertz CT molecular complexity index is 321. The maximum Gasteiger partial charge on any atom is 0.225 e. The second-order valence-electron chi connectivity index (χ2n) is 5.14. The van der Waals surface area contributed by atoms with Crippen molar-refractivity contribution in [2.45, 2.75) is 56.6 Å². The normalized spacial score (nSPS) is 21.4. The zero-order valence-electron chi connectivity index (χ0n) is 10.4. The second-order valence-corrected chi connectivity index (χ2v) is 5.14. The molecule has 0 unspecified atom stereocenters. The van der Waals surface area contributed by atoms with Crippen molar-refractivity contribution in [3.05, 3.63) is 0 Å². The highest BCUT2D eigenvalue weighted by Gasteiger charge is 2.42. The van der Waals surface area contributed by atoms with Gasteiger partial charge in [-0.05, 0) is 32.1 Å². The van der Waals surface area contributed by atoms with E-state index in [1.807, 2.05) is 4.90 Å². The predicted molar refractivity (Wildman–Crippen MR) is 63.2 cm³/mol. The first-order chi connectivity index (χ1) is 8.21. The van der Waals surface area contributed by atoms with Gasteiger partial charge in [0.2, 0.25) is 5.91 Å². The molecule has 0 N–H and O–H groups in total. The van der Waals surface area contributed by atoms with Crippen molar-refractivity contribution >= 4 is 5.91 Å². The van der Waals surface area contributed by atoms with Gasteiger partial charge >= 0.3 is 0 Å². The minimum atomic E-state index is -0.198. The number of methoxy groups -OCH3 is 1. The van der Waals surface area contributed by atoms with Crippen molar-refractivity contribution in [1.82, 2.24) is 4.90 Å². The van der Waals surface area contributed by atoms with E-state index in [1.165, 1.54) is 0 Å². The second kappa shape index (κ2) is 5.05. The summed E-state index contributed by atoms with van der Waals surface area (Å²) in [6, 6.07) is 2.51. The quantitative estimate of drug-likeness (QED) is 0.707. The summed E-state index contributed by atoms with van der Waals surface area (Å²) in [6.45, 7) is 0.583. The summed E-state index contributed by atoms with van der Waals surface area (Å²) in [6.07, 6.45) is 6.25. The van der Waals surface area contributed by atoms with Crippen LogP contribution in [0.1, 0.15) is 44.9 Å². The van der Waals surface area contributed by atoms with Gasteiger partial charge < -0.3 is 9.64 Å². The zero-order chi connectivity index (χ0) is 12.3. The number of amides is 1. The third kappa shape index (κ3) is 2.78. The van der Waals surface area contributed by atoms with E-state index in [4.69, 9.17) is 10.00 Å². The number of carbonyl (C=O) groups is 1. The molecule has 0 aromatic carbocycles. The fraction of sp³-hybridized carbons (Fsp3) is 0.846. The van der Waals surface area contributed by atoms with Crippen LogP contribution in [0.3, 0.4) is 0 Å². The first-order valence-corrected chi connectivity index (χ1v) is 6.42. The molecule has 2 aliphatic carbocycles. The Labute approximate surface area is 103 Å². The van der Waals surface area contributed by atoms with E-state index in [1.54, 1.807) is 7.11 Å². The van der Waals surface area contributed by atoms with Crippen LogP contribution in [0.2, 0.25) is 0 Å². The van der Waals surface area contributed by atoms with Crippen molar-refractivity contribution < 1.29 is 9.53 Å². The summed E-state index contributed by atoms with van der Waals surface area (Å²) >= 11 is 0. The maximum atomic E-state index is 12.2. The highest BCUT2D eigenvalue weighted by atomic mass is 16.5. The van der Waals surface area contributed by atoms with Crippen LogP contribution in [0.15, 0.2) is 0 Å². The van der Waals surface area contributed by atoms with Gasteiger partial charge in [0.1, 0.15) is 0 Å². The number of nitrogens with zero attached hydrogens (tertiary/aromatic N) is 2. The molecular formula is C13H20N2O2. The number of ether oxygens (including phenoxy) is 1. The zero-order valence-corrected chi connectivity index (χ0v) is 10.4. The molecule has 0 aliphatic heterocycles. The molecule has 0 bridgehead atoms. The SMILES string of the molecule is COC1(CC(=O)N(CCC#N)C2CC2)CCC1. The molecule has 0 saturated heterocycles. The summed E-state index contributed by atoms with van der Waals surface area (Å²) in [5, 5.41) is 8.62. The topological polar surface area (TPSA) is 53.3 Å². The van der Waals surface area contributed by atoms with Crippen LogP contribution in [-0.4, -0.2) is 36.1 Å². The molecule has 2 rings (SSSR count). The number of carbonyl (C=O) groups excluding carboxylic acids is 1. The average Bonchev–Trinajstić information content (AvgIpc) is 3.08. The minimum Gasteiger partial charge on any atom is -0.378 e.